The van der Waals surface area contributed by atoms with E-state index >= 15 is 0 Å². The van der Waals surface area contributed by atoms with Gasteiger partial charge in [0.2, 0.25) is 0 Å². The molecule has 2 heteroatoms. The maximum absolute atomic E-state index is 7.25. The highest BCUT2D eigenvalue weighted by atomic mass is 16.5. The number of ether oxygens (including phenoxy) is 1. The van der Waals surface area contributed by atoms with Gasteiger partial charge in [0.1, 0.15) is 11.5 Å². The van der Waals surface area contributed by atoms with Crippen molar-refractivity contribution in [2.75, 3.05) is 4.90 Å². The Morgan fingerprint density at radius 3 is 1.41 bits per heavy atom. The average molecular weight is 804 g/mol. The van der Waals surface area contributed by atoms with E-state index in [1.54, 1.807) is 0 Å². The molecule has 0 bridgehead atoms. The van der Waals surface area contributed by atoms with E-state index in [9.17, 15) is 0 Å². The highest BCUT2D eigenvalue weighted by molar-refractivity contribution is 5.96. The Balaban J connectivity index is 1.09. The number of anilines is 3. The van der Waals surface area contributed by atoms with E-state index in [0.29, 0.717) is 0 Å². The number of fused-ring (bicyclic) bond motifs is 8. The maximum Gasteiger partial charge on any atom is 0.143 e. The Labute approximate surface area is 368 Å². The maximum atomic E-state index is 7.25. The van der Waals surface area contributed by atoms with Crippen LogP contribution in [0.15, 0.2) is 249 Å². The van der Waals surface area contributed by atoms with Crippen LogP contribution in [0.2, 0.25) is 0 Å². The summed E-state index contributed by atoms with van der Waals surface area (Å²) in [6.07, 6.45) is 0. The Morgan fingerprint density at radius 2 is 0.746 bits per heavy atom. The van der Waals surface area contributed by atoms with Crippen molar-refractivity contribution in [1.82, 2.24) is 0 Å². The van der Waals surface area contributed by atoms with Gasteiger partial charge in [-0.25, -0.2) is 0 Å². The molecule has 12 rings (SSSR count). The molecule has 1 aliphatic heterocycles. The van der Waals surface area contributed by atoms with E-state index in [1.807, 2.05) is 0 Å². The first kappa shape index (κ1) is 36.6. The van der Waals surface area contributed by atoms with Crippen molar-refractivity contribution in [2.24, 2.45) is 0 Å². The average Bonchev–Trinajstić information content (AvgIpc) is 3.57. The Bertz CT molecular complexity index is 3250. The van der Waals surface area contributed by atoms with Gasteiger partial charge in [-0.1, -0.05) is 206 Å². The van der Waals surface area contributed by atoms with Crippen molar-refractivity contribution in [3.63, 3.8) is 0 Å². The van der Waals surface area contributed by atoms with Gasteiger partial charge in [0.05, 0.1) is 5.41 Å². The molecule has 63 heavy (non-hydrogen) atoms. The molecule has 10 aromatic carbocycles. The topological polar surface area (TPSA) is 12.5 Å². The summed E-state index contributed by atoms with van der Waals surface area (Å²) in [6.45, 7) is 0. The lowest BCUT2D eigenvalue weighted by atomic mass is 9.67. The largest absolute Gasteiger partial charge is 0.455 e. The Hall–Kier alpha value is -8.20. The highest BCUT2D eigenvalue weighted by Gasteiger charge is 2.46. The molecular formula is C61H41NO. The van der Waals surface area contributed by atoms with Crippen molar-refractivity contribution in [1.29, 1.82) is 0 Å². The quantitative estimate of drug-likeness (QED) is 0.159. The van der Waals surface area contributed by atoms with Gasteiger partial charge in [-0.05, 0) is 97.6 Å². The molecular weight excluding hydrogens is 763 g/mol. The van der Waals surface area contributed by atoms with Crippen molar-refractivity contribution in [2.45, 2.75) is 5.41 Å². The molecule has 0 radical (unpaired) electrons. The second-order valence-electron chi connectivity index (χ2n) is 16.4. The predicted octanol–water partition coefficient (Wildman–Crippen LogP) is 16.3. The first-order chi connectivity index (χ1) is 31.3. The molecule has 296 valence electrons. The van der Waals surface area contributed by atoms with Crippen LogP contribution in [0, 0.1) is 0 Å². The van der Waals surface area contributed by atoms with Gasteiger partial charge in [-0.15, -0.1) is 0 Å². The van der Waals surface area contributed by atoms with Crippen LogP contribution in [0.3, 0.4) is 0 Å². The minimum Gasteiger partial charge on any atom is -0.455 e. The van der Waals surface area contributed by atoms with Crippen LogP contribution < -0.4 is 9.64 Å². The fourth-order valence-corrected chi connectivity index (χ4v) is 10.2. The van der Waals surface area contributed by atoms with E-state index in [4.69, 9.17) is 4.74 Å². The summed E-state index contributed by atoms with van der Waals surface area (Å²) in [4.78, 5) is 2.39. The van der Waals surface area contributed by atoms with E-state index in [0.717, 1.165) is 61.9 Å². The molecule has 0 fully saturated rings. The van der Waals surface area contributed by atoms with Gasteiger partial charge >= 0.3 is 0 Å². The number of benzene rings is 10. The first-order valence-electron chi connectivity index (χ1n) is 21.7. The molecule has 0 saturated carbocycles. The standard InChI is InChI=1S/C61H41NO/c1-5-18-42(19-6-1)43-32-34-47(35-33-43)62(48-36-38-54-53-28-15-16-31-57(53)61(58(54)40-48,45-22-9-3-10-23-45)46-24-11-4-12-25-46)49-37-39-55-51-26-13-14-27-52(51)56-30-17-29-50(44-20-7-2-8-21-44)60(56)63-59(55)41-49/h1-41H. The first-order valence-corrected chi connectivity index (χ1v) is 21.7. The third-order valence-electron chi connectivity index (χ3n) is 13.0. The zero-order chi connectivity index (χ0) is 41.7. The summed E-state index contributed by atoms with van der Waals surface area (Å²) in [5.41, 5.74) is 19.1. The minimum absolute atomic E-state index is 0.536. The molecule has 0 saturated heterocycles. The van der Waals surface area contributed by atoms with Crippen LogP contribution in [0.4, 0.5) is 17.1 Å². The number of rotatable bonds is 7. The molecule has 0 atom stereocenters. The second kappa shape index (κ2) is 15.1. The summed E-state index contributed by atoms with van der Waals surface area (Å²) in [5.74, 6) is 1.67. The second-order valence-corrected chi connectivity index (χ2v) is 16.4. The third-order valence-corrected chi connectivity index (χ3v) is 13.0. The summed E-state index contributed by atoms with van der Waals surface area (Å²) in [5, 5.41) is 0. The fraction of sp³-hybridized carbons (Fsp3) is 0.0164. The Kier molecular flexibility index (Phi) is 8.76. The lowest BCUT2D eigenvalue weighted by Crippen LogP contribution is -2.28. The van der Waals surface area contributed by atoms with Gasteiger partial charge in [0, 0.05) is 39.8 Å². The number of hydrogen-bond donors (Lipinski definition) is 0. The number of hydrogen-bond acceptors (Lipinski definition) is 2. The monoisotopic (exact) mass is 803 g/mol. The van der Waals surface area contributed by atoms with Crippen LogP contribution in [-0.2, 0) is 5.41 Å². The van der Waals surface area contributed by atoms with Crippen LogP contribution in [0.25, 0.3) is 55.6 Å². The van der Waals surface area contributed by atoms with E-state index in [1.165, 1.54) is 44.5 Å². The van der Waals surface area contributed by atoms with Gasteiger partial charge in [-0.2, -0.15) is 0 Å². The minimum atomic E-state index is -0.536. The molecule has 2 nitrogen and oxygen atoms in total. The zero-order valence-corrected chi connectivity index (χ0v) is 34.5. The molecule has 1 heterocycles. The van der Waals surface area contributed by atoms with E-state index in [-0.39, 0.29) is 0 Å². The van der Waals surface area contributed by atoms with Crippen molar-refractivity contribution in [3.05, 3.63) is 271 Å². The number of para-hydroxylation sites is 1. The Morgan fingerprint density at radius 1 is 0.286 bits per heavy atom. The van der Waals surface area contributed by atoms with Crippen LogP contribution in [0.5, 0.6) is 11.5 Å². The van der Waals surface area contributed by atoms with Crippen molar-refractivity contribution >= 4 is 17.1 Å². The zero-order valence-electron chi connectivity index (χ0n) is 34.5. The van der Waals surface area contributed by atoms with Crippen LogP contribution in [-0.4, -0.2) is 0 Å². The van der Waals surface area contributed by atoms with Gasteiger partial charge in [0.25, 0.3) is 0 Å². The molecule has 0 N–H and O–H groups in total. The molecule has 0 aromatic heterocycles. The SMILES string of the molecule is c1ccc(-c2ccc(N(c3ccc4c(c3)Oc3c(-c5ccccc5)cccc3-c3ccccc3-4)c3ccc4c(c3)C(c3ccccc3)(c3ccccc3)c3ccccc3-4)cc2)cc1. The van der Waals surface area contributed by atoms with Crippen LogP contribution >= 0.6 is 0 Å². The van der Waals surface area contributed by atoms with Crippen molar-refractivity contribution in [3.8, 4) is 67.1 Å². The summed E-state index contributed by atoms with van der Waals surface area (Å²) < 4.78 is 7.25. The van der Waals surface area contributed by atoms with Crippen LogP contribution in [0.1, 0.15) is 22.3 Å². The molecule has 0 amide bonds. The lowest BCUT2D eigenvalue weighted by Gasteiger charge is -2.35. The predicted molar refractivity (Wildman–Crippen MR) is 260 cm³/mol. The molecule has 0 spiro atoms. The summed E-state index contributed by atoms with van der Waals surface area (Å²) in [6, 6.07) is 90.0. The van der Waals surface area contributed by atoms with Crippen molar-refractivity contribution < 1.29 is 4.74 Å². The third kappa shape index (κ3) is 5.95. The summed E-state index contributed by atoms with van der Waals surface area (Å²) >= 11 is 0. The molecule has 2 aliphatic rings. The van der Waals surface area contributed by atoms with Gasteiger partial charge in [-0.3, -0.25) is 0 Å². The summed E-state index contributed by atoms with van der Waals surface area (Å²) in [7, 11) is 0. The highest BCUT2D eigenvalue weighted by Crippen LogP contribution is 2.58. The lowest BCUT2D eigenvalue weighted by molar-refractivity contribution is 0.489. The van der Waals surface area contributed by atoms with Gasteiger partial charge in [0.15, 0.2) is 0 Å². The molecule has 10 aromatic rings. The number of nitrogens with zero attached hydrogens (tertiary/aromatic N) is 1. The van der Waals surface area contributed by atoms with Gasteiger partial charge < -0.3 is 9.64 Å². The molecule has 1 aliphatic carbocycles. The van der Waals surface area contributed by atoms with E-state index in [2.05, 4.69) is 254 Å². The molecule has 0 unspecified atom stereocenters. The normalized spacial score (nSPS) is 12.7. The van der Waals surface area contributed by atoms with E-state index < -0.39 is 5.41 Å². The smallest absolute Gasteiger partial charge is 0.143 e. The fourth-order valence-electron chi connectivity index (χ4n) is 10.2.